The van der Waals surface area contributed by atoms with Crippen molar-refractivity contribution in [2.75, 3.05) is 38.5 Å². The van der Waals surface area contributed by atoms with Gasteiger partial charge in [-0.25, -0.2) is 4.98 Å². The van der Waals surface area contributed by atoms with E-state index >= 15 is 0 Å². The number of carbonyl (C=O) groups is 1. The third-order valence-corrected chi connectivity index (χ3v) is 7.43. The average Bonchev–Trinajstić information content (AvgIpc) is 3.25. The smallest absolute Gasteiger partial charge is 0.255 e. The number of hydrogen-bond acceptors (Lipinski definition) is 6. The topological polar surface area (TPSA) is 90.7 Å². The fourth-order valence-corrected chi connectivity index (χ4v) is 5.04. The van der Waals surface area contributed by atoms with Gasteiger partial charge in [0.05, 0.1) is 18.5 Å². The van der Waals surface area contributed by atoms with Crippen LogP contribution in [0.3, 0.4) is 0 Å². The Morgan fingerprint density at radius 3 is 2.62 bits per heavy atom. The zero-order valence-corrected chi connectivity index (χ0v) is 20.3. The van der Waals surface area contributed by atoms with E-state index in [4.69, 9.17) is 0 Å². The quantitative estimate of drug-likeness (QED) is 0.619. The third-order valence-electron chi connectivity index (χ3n) is 7.43. The van der Waals surface area contributed by atoms with Crippen LogP contribution in [0.4, 0.5) is 5.82 Å². The van der Waals surface area contributed by atoms with Gasteiger partial charge in [0.25, 0.3) is 5.56 Å². The molecule has 2 N–H and O–H groups in total. The lowest BCUT2D eigenvalue weighted by Gasteiger charge is -2.38. The lowest BCUT2D eigenvalue weighted by atomic mass is 9.90. The van der Waals surface area contributed by atoms with Crippen LogP contribution in [0.15, 0.2) is 47.5 Å². The van der Waals surface area contributed by atoms with Crippen molar-refractivity contribution in [1.29, 1.82) is 0 Å². The summed E-state index contributed by atoms with van der Waals surface area (Å²) in [5.41, 5.74) is -0.0419. The number of piperidine rings is 1. The van der Waals surface area contributed by atoms with Gasteiger partial charge in [0.2, 0.25) is 5.91 Å². The summed E-state index contributed by atoms with van der Waals surface area (Å²) in [4.78, 5) is 34.0. The molecule has 2 aliphatic heterocycles. The number of amides is 1. The fourth-order valence-electron chi connectivity index (χ4n) is 5.04. The van der Waals surface area contributed by atoms with E-state index in [0.29, 0.717) is 44.2 Å². The Bertz CT molecular complexity index is 1020. The van der Waals surface area contributed by atoms with Gasteiger partial charge in [-0.15, -0.1) is 0 Å². The van der Waals surface area contributed by atoms with Crippen molar-refractivity contribution in [3.63, 3.8) is 0 Å². The third kappa shape index (κ3) is 6.04. The molecule has 8 heteroatoms. The summed E-state index contributed by atoms with van der Waals surface area (Å²) in [7, 11) is 2.12. The van der Waals surface area contributed by atoms with Crippen LogP contribution >= 0.6 is 0 Å². The van der Waals surface area contributed by atoms with Crippen molar-refractivity contribution in [3.05, 3.63) is 58.6 Å². The molecule has 1 amide bonds. The first-order valence-electron chi connectivity index (χ1n) is 12.4. The number of anilines is 1. The monoisotopic (exact) mass is 467 g/mol. The van der Waals surface area contributed by atoms with Crippen LogP contribution in [0.1, 0.15) is 50.5 Å². The maximum atomic E-state index is 12.8. The van der Waals surface area contributed by atoms with Crippen LogP contribution in [0.25, 0.3) is 0 Å². The average molecular weight is 468 g/mol. The van der Waals surface area contributed by atoms with Crippen molar-refractivity contribution >= 4 is 11.7 Å². The molecule has 0 bridgehead atoms. The summed E-state index contributed by atoms with van der Waals surface area (Å²) in [6.07, 6.45) is 5.21. The minimum Gasteiger partial charge on any atom is -0.388 e. The zero-order valence-electron chi connectivity index (χ0n) is 20.3. The Morgan fingerprint density at radius 2 is 1.97 bits per heavy atom. The predicted octanol–water partition coefficient (Wildman–Crippen LogP) is 2.30. The number of hydrogen-bond donors (Lipinski definition) is 2. The molecule has 2 aliphatic rings. The van der Waals surface area contributed by atoms with Gasteiger partial charge in [0.15, 0.2) is 0 Å². The van der Waals surface area contributed by atoms with Gasteiger partial charge in [-0.1, -0.05) is 37.3 Å². The second kappa shape index (κ2) is 10.7. The Morgan fingerprint density at radius 1 is 1.24 bits per heavy atom. The Kier molecular flexibility index (Phi) is 7.68. The first kappa shape index (κ1) is 24.4. The van der Waals surface area contributed by atoms with Crippen LogP contribution in [0.2, 0.25) is 0 Å². The highest BCUT2D eigenvalue weighted by atomic mass is 16.3. The van der Waals surface area contributed by atoms with Crippen molar-refractivity contribution < 1.29 is 9.90 Å². The maximum absolute atomic E-state index is 12.8. The Labute approximate surface area is 201 Å². The van der Waals surface area contributed by atoms with E-state index < -0.39 is 5.60 Å². The highest BCUT2D eigenvalue weighted by Gasteiger charge is 2.35. The molecule has 0 radical (unpaired) electrons. The highest BCUT2D eigenvalue weighted by Crippen LogP contribution is 2.26. The standard InChI is InChI=1S/C26H37N5O3/c1-20(21-7-4-3-5-8-21)15-24(32)30-13-10-26(34,11-14-30)18-31-19-28-23(16-25(31)33)27-17-22-9-6-12-29(22)2/h3-5,7-8,16,19-20,22,27,34H,6,9-15,17-18H2,1-2H3/t20-,22-/m1/s1. The van der Waals surface area contributed by atoms with Crippen molar-refractivity contribution in [2.45, 2.75) is 63.1 Å². The highest BCUT2D eigenvalue weighted by molar-refractivity contribution is 5.77. The summed E-state index contributed by atoms with van der Waals surface area (Å²) >= 11 is 0. The molecular weight excluding hydrogens is 430 g/mol. The summed E-state index contributed by atoms with van der Waals surface area (Å²) in [6.45, 7) is 5.12. The molecule has 0 unspecified atom stereocenters. The van der Waals surface area contributed by atoms with Crippen LogP contribution < -0.4 is 10.9 Å². The van der Waals surface area contributed by atoms with Gasteiger partial charge in [0.1, 0.15) is 5.82 Å². The Balaban J connectivity index is 1.27. The summed E-state index contributed by atoms with van der Waals surface area (Å²) < 4.78 is 1.47. The number of likely N-dealkylation sites (tertiary alicyclic amines) is 2. The van der Waals surface area contributed by atoms with Crippen molar-refractivity contribution in [3.8, 4) is 0 Å². The number of rotatable bonds is 8. The molecule has 184 valence electrons. The largest absolute Gasteiger partial charge is 0.388 e. The van der Waals surface area contributed by atoms with E-state index in [1.54, 1.807) is 0 Å². The first-order chi connectivity index (χ1) is 16.3. The minimum absolute atomic E-state index is 0.112. The van der Waals surface area contributed by atoms with Gasteiger partial charge in [-0.2, -0.15) is 0 Å². The van der Waals surface area contributed by atoms with Crippen molar-refractivity contribution in [1.82, 2.24) is 19.4 Å². The number of likely N-dealkylation sites (N-methyl/N-ethyl adjacent to an activating group) is 1. The zero-order chi connectivity index (χ0) is 24.1. The second-order valence-electron chi connectivity index (χ2n) is 10.0. The second-order valence-corrected chi connectivity index (χ2v) is 10.0. The fraction of sp³-hybridized carbons (Fsp3) is 0.577. The van der Waals surface area contributed by atoms with E-state index in [9.17, 15) is 14.7 Å². The molecule has 2 atom stereocenters. The summed E-state index contributed by atoms with van der Waals surface area (Å²) in [5, 5.41) is 14.4. The van der Waals surface area contributed by atoms with Gasteiger partial charge < -0.3 is 20.2 Å². The molecular formula is C26H37N5O3. The van der Waals surface area contributed by atoms with Gasteiger partial charge in [-0.3, -0.25) is 14.2 Å². The normalized spacial score (nSPS) is 21.4. The number of nitrogens with one attached hydrogen (secondary N) is 1. The SMILES string of the molecule is C[C@H](CC(=O)N1CCC(O)(Cn2cnc(NC[C@H]3CCCN3C)cc2=O)CC1)c1ccccc1. The van der Waals surface area contributed by atoms with E-state index in [-0.39, 0.29) is 23.9 Å². The van der Waals surface area contributed by atoms with Crippen molar-refractivity contribution in [2.24, 2.45) is 0 Å². The molecule has 0 saturated carbocycles. The van der Waals surface area contributed by atoms with E-state index in [0.717, 1.165) is 25.1 Å². The molecule has 0 spiro atoms. The Hall–Kier alpha value is -2.71. The molecule has 2 fully saturated rings. The minimum atomic E-state index is -1.02. The lowest BCUT2D eigenvalue weighted by Crippen LogP contribution is -2.49. The number of aromatic nitrogens is 2. The molecule has 3 heterocycles. The first-order valence-corrected chi connectivity index (χ1v) is 12.4. The van der Waals surface area contributed by atoms with Gasteiger partial charge in [0, 0.05) is 38.2 Å². The number of benzene rings is 1. The van der Waals surface area contributed by atoms with E-state index in [1.165, 1.54) is 23.4 Å². The molecule has 0 aliphatic carbocycles. The van der Waals surface area contributed by atoms with Gasteiger partial charge in [-0.05, 0) is 50.8 Å². The van der Waals surface area contributed by atoms with Crippen LogP contribution in [0.5, 0.6) is 0 Å². The summed E-state index contributed by atoms with van der Waals surface area (Å²) in [5.74, 6) is 0.836. The molecule has 1 aromatic carbocycles. The van der Waals surface area contributed by atoms with Crippen LogP contribution in [0, 0.1) is 0 Å². The van der Waals surface area contributed by atoms with Crippen LogP contribution in [-0.4, -0.2) is 75.2 Å². The number of carbonyl (C=O) groups excluding carboxylic acids is 1. The molecule has 4 rings (SSSR count). The summed E-state index contributed by atoms with van der Waals surface area (Å²) in [6, 6.07) is 12.0. The molecule has 2 aromatic rings. The van der Waals surface area contributed by atoms with Crippen LogP contribution in [-0.2, 0) is 11.3 Å². The maximum Gasteiger partial charge on any atom is 0.255 e. The predicted molar refractivity (Wildman–Crippen MR) is 133 cm³/mol. The molecule has 34 heavy (non-hydrogen) atoms. The molecule has 1 aromatic heterocycles. The van der Waals surface area contributed by atoms with Gasteiger partial charge >= 0.3 is 0 Å². The number of nitrogens with zero attached hydrogens (tertiary/aromatic N) is 4. The lowest BCUT2D eigenvalue weighted by molar-refractivity contribution is -0.136. The molecule has 2 saturated heterocycles. The van der Waals surface area contributed by atoms with E-state index in [2.05, 4.69) is 29.2 Å². The number of aliphatic hydroxyl groups is 1. The van der Waals surface area contributed by atoms with E-state index in [1.807, 2.05) is 35.2 Å². The molecule has 8 nitrogen and oxygen atoms in total.